The largest absolute Gasteiger partial charge is 0.461 e. The second-order valence-electron chi connectivity index (χ2n) is 13.4. The average molecular weight is 528 g/mol. The molecule has 0 spiro atoms. The third-order valence-electron chi connectivity index (χ3n) is 11.8. The van der Waals surface area contributed by atoms with Gasteiger partial charge >= 0.3 is 5.97 Å². The third-order valence-corrected chi connectivity index (χ3v) is 11.8. The molecule has 10 unspecified atom stereocenters. The van der Waals surface area contributed by atoms with E-state index in [1.807, 2.05) is 0 Å². The fourth-order valence-electron chi connectivity index (χ4n) is 9.77. The summed E-state index contributed by atoms with van der Waals surface area (Å²) in [6, 6.07) is 6.33. The summed E-state index contributed by atoms with van der Waals surface area (Å²) in [6.45, 7) is 6.78. The molecule has 210 valence electrons. The minimum atomic E-state index is -0.458. The molecule has 4 fully saturated rings. The molecule has 0 aliphatic heterocycles. The zero-order chi connectivity index (χ0) is 27.2. The summed E-state index contributed by atoms with van der Waals surface area (Å²) in [4.78, 5) is 23.3. The second-order valence-corrected chi connectivity index (χ2v) is 13.4. The molecule has 2 N–H and O–H groups in total. The van der Waals surface area contributed by atoms with Crippen molar-refractivity contribution >= 4 is 11.7 Å². The predicted molar refractivity (Wildman–Crippen MR) is 144 cm³/mol. The van der Waals surface area contributed by atoms with Crippen LogP contribution in [0.15, 0.2) is 24.3 Å². The van der Waals surface area contributed by atoms with Gasteiger partial charge in [0.2, 0.25) is 0 Å². The second kappa shape index (κ2) is 10.5. The maximum Gasteiger partial charge on any atom is 0.306 e. The molecular formula is C31H45NO6. The standard InChI is InChI=1S/C31H45NO6/c1-19(11-14-28(35)38-18-20-8-4-5-10-25(20)32(36)37)22-12-13-23-29-24(17-27(34)31(22,23)3)30(2)15-7-6-9-21(30)16-26(29)33/h4-5,8,10,19,21-24,26-27,29,33-34H,6-7,9,11-18H2,1-3H3. The summed E-state index contributed by atoms with van der Waals surface area (Å²) in [5.41, 5.74) is 0.325. The van der Waals surface area contributed by atoms with Gasteiger partial charge in [-0.2, -0.15) is 0 Å². The highest BCUT2D eigenvalue weighted by atomic mass is 16.6. The number of rotatable bonds is 7. The van der Waals surface area contributed by atoms with Crippen LogP contribution in [0.5, 0.6) is 0 Å². The SMILES string of the molecule is CC(CCC(=O)OCc1ccccc1[N+](=O)[O-])C1CCC2C3C(O)CC4CCCCC4(C)C3CC(O)C12C. The molecule has 4 aliphatic carbocycles. The molecule has 5 rings (SSSR count). The summed E-state index contributed by atoms with van der Waals surface area (Å²) in [7, 11) is 0. The van der Waals surface area contributed by atoms with Gasteiger partial charge < -0.3 is 14.9 Å². The summed E-state index contributed by atoms with van der Waals surface area (Å²) >= 11 is 0. The van der Waals surface area contributed by atoms with Crippen LogP contribution in [0.4, 0.5) is 5.69 Å². The molecule has 0 radical (unpaired) electrons. The minimum Gasteiger partial charge on any atom is -0.461 e. The lowest BCUT2D eigenvalue weighted by molar-refractivity contribution is -0.385. The fraction of sp³-hybridized carbons (Fsp3) is 0.774. The molecule has 1 aromatic rings. The Morgan fingerprint density at radius 3 is 2.66 bits per heavy atom. The number of aliphatic hydroxyl groups is 2. The first kappa shape index (κ1) is 27.6. The molecule has 0 aromatic heterocycles. The quantitative estimate of drug-likeness (QED) is 0.254. The lowest BCUT2D eigenvalue weighted by Crippen LogP contribution is -2.61. The van der Waals surface area contributed by atoms with Crippen LogP contribution >= 0.6 is 0 Å². The number of benzene rings is 1. The number of nitrogens with zero attached hydrogens (tertiary/aromatic N) is 1. The molecule has 0 amide bonds. The van der Waals surface area contributed by atoms with E-state index in [9.17, 15) is 25.1 Å². The van der Waals surface area contributed by atoms with Crippen molar-refractivity contribution in [2.75, 3.05) is 0 Å². The predicted octanol–water partition coefficient (Wildman–Crippen LogP) is 6.04. The van der Waals surface area contributed by atoms with E-state index in [4.69, 9.17) is 4.74 Å². The maximum absolute atomic E-state index is 12.6. The van der Waals surface area contributed by atoms with Crippen LogP contribution in [0.25, 0.3) is 0 Å². The minimum absolute atomic E-state index is 0.0403. The summed E-state index contributed by atoms with van der Waals surface area (Å²) in [5, 5.41) is 34.4. The lowest BCUT2D eigenvalue weighted by atomic mass is 9.43. The van der Waals surface area contributed by atoms with Crippen molar-refractivity contribution in [1.82, 2.24) is 0 Å². The van der Waals surface area contributed by atoms with Crippen LogP contribution < -0.4 is 0 Å². The summed E-state index contributed by atoms with van der Waals surface area (Å²) in [6.07, 6.45) is 8.93. The Morgan fingerprint density at radius 1 is 1.13 bits per heavy atom. The highest BCUT2D eigenvalue weighted by molar-refractivity contribution is 5.69. The van der Waals surface area contributed by atoms with Gasteiger partial charge in [-0.15, -0.1) is 0 Å². The van der Waals surface area contributed by atoms with Crippen molar-refractivity contribution in [2.24, 2.45) is 46.3 Å². The van der Waals surface area contributed by atoms with Gasteiger partial charge in [-0.05, 0) is 97.3 Å². The lowest BCUT2D eigenvalue weighted by Gasteiger charge is -2.63. The first-order valence-electron chi connectivity index (χ1n) is 14.8. The van der Waals surface area contributed by atoms with E-state index in [1.54, 1.807) is 18.2 Å². The first-order valence-corrected chi connectivity index (χ1v) is 14.8. The van der Waals surface area contributed by atoms with Gasteiger partial charge in [0.1, 0.15) is 6.61 Å². The van der Waals surface area contributed by atoms with E-state index >= 15 is 0 Å². The van der Waals surface area contributed by atoms with E-state index in [1.165, 1.54) is 31.7 Å². The Bertz CT molecular complexity index is 1040. The van der Waals surface area contributed by atoms with Crippen molar-refractivity contribution in [3.05, 3.63) is 39.9 Å². The number of carbonyl (C=O) groups excluding carboxylic acids is 1. The molecule has 0 saturated heterocycles. The van der Waals surface area contributed by atoms with Crippen LogP contribution in [0, 0.1) is 56.5 Å². The number of fused-ring (bicyclic) bond motifs is 5. The Kier molecular flexibility index (Phi) is 7.64. The number of aliphatic hydroxyl groups excluding tert-OH is 2. The van der Waals surface area contributed by atoms with Crippen molar-refractivity contribution in [2.45, 2.75) is 104 Å². The Labute approximate surface area is 226 Å². The average Bonchev–Trinajstić information content (AvgIpc) is 3.25. The topological polar surface area (TPSA) is 110 Å². The van der Waals surface area contributed by atoms with Crippen molar-refractivity contribution < 1.29 is 24.7 Å². The number of para-hydroxylation sites is 1. The molecule has 1 aromatic carbocycles. The molecule has 7 nitrogen and oxygen atoms in total. The molecule has 10 atom stereocenters. The van der Waals surface area contributed by atoms with Gasteiger partial charge in [0.15, 0.2) is 0 Å². The molecule has 0 heterocycles. The zero-order valence-electron chi connectivity index (χ0n) is 23.2. The highest BCUT2D eigenvalue weighted by Crippen LogP contribution is 2.68. The van der Waals surface area contributed by atoms with Gasteiger partial charge in [-0.3, -0.25) is 14.9 Å². The highest BCUT2D eigenvalue weighted by Gasteiger charge is 2.65. The Balaban J connectivity index is 1.23. The molecule has 4 saturated carbocycles. The van der Waals surface area contributed by atoms with Crippen LogP contribution in [0.3, 0.4) is 0 Å². The number of nitro benzene ring substituents is 1. The number of esters is 1. The normalized spacial score (nSPS) is 40.9. The van der Waals surface area contributed by atoms with E-state index in [0.29, 0.717) is 29.7 Å². The molecule has 38 heavy (non-hydrogen) atoms. The van der Waals surface area contributed by atoms with Crippen LogP contribution in [0.2, 0.25) is 0 Å². The van der Waals surface area contributed by atoms with Gasteiger partial charge in [-0.25, -0.2) is 0 Å². The number of hydrogen-bond acceptors (Lipinski definition) is 6. The van der Waals surface area contributed by atoms with Crippen LogP contribution in [-0.2, 0) is 16.1 Å². The molecule has 0 bridgehead atoms. The maximum atomic E-state index is 12.6. The molecular weight excluding hydrogens is 482 g/mol. The van der Waals surface area contributed by atoms with Gasteiger partial charge in [0.05, 0.1) is 22.7 Å². The zero-order valence-corrected chi connectivity index (χ0v) is 23.2. The van der Waals surface area contributed by atoms with E-state index in [-0.39, 0.29) is 65.5 Å². The van der Waals surface area contributed by atoms with Crippen molar-refractivity contribution in [3.8, 4) is 0 Å². The van der Waals surface area contributed by atoms with Crippen LogP contribution in [0.1, 0.15) is 90.5 Å². The van der Waals surface area contributed by atoms with Gasteiger partial charge in [0.25, 0.3) is 5.69 Å². The third kappa shape index (κ3) is 4.57. The summed E-state index contributed by atoms with van der Waals surface area (Å²) in [5.74, 6) is 1.69. The van der Waals surface area contributed by atoms with Crippen molar-refractivity contribution in [3.63, 3.8) is 0 Å². The van der Waals surface area contributed by atoms with Crippen molar-refractivity contribution in [1.29, 1.82) is 0 Å². The Morgan fingerprint density at radius 2 is 1.89 bits per heavy atom. The number of nitro groups is 1. The number of ether oxygens (including phenoxy) is 1. The van der Waals surface area contributed by atoms with E-state index in [2.05, 4.69) is 20.8 Å². The van der Waals surface area contributed by atoms with E-state index in [0.717, 1.165) is 25.7 Å². The van der Waals surface area contributed by atoms with Gasteiger partial charge in [-0.1, -0.05) is 45.7 Å². The fourth-order valence-corrected chi connectivity index (χ4v) is 9.77. The molecule has 4 aliphatic rings. The smallest absolute Gasteiger partial charge is 0.306 e. The first-order chi connectivity index (χ1) is 18.1. The number of hydrogen-bond donors (Lipinski definition) is 2. The monoisotopic (exact) mass is 527 g/mol. The number of carbonyl (C=O) groups is 1. The Hall–Kier alpha value is -1.99. The van der Waals surface area contributed by atoms with E-state index < -0.39 is 4.92 Å². The van der Waals surface area contributed by atoms with Crippen LogP contribution in [-0.4, -0.2) is 33.3 Å². The van der Waals surface area contributed by atoms with Gasteiger partial charge in [0, 0.05) is 12.5 Å². The molecule has 7 heteroatoms. The summed E-state index contributed by atoms with van der Waals surface area (Å²) < 4.78 is 5.41.